The van der Waals surface area contributed by atoms with Crippen LogP contribution < -0.4 is 15.5 Å². The zero-order valence-electron chi connectivity index (χ0n) is 18.5. The molecule has 0 saturated heterocycles. The highest BCUT2D eigenvalue weighted by Gasteiger charge is 2.11. The molecule has 31 heavy (non-hydrogen) atoms. The Hall–Kier alpha value is -3.67. The van der Waals surface area contributed by atoms with E-state index in [0.29, 0.717) is 24.0 Å². The average molecular weight is 416 g/mol. The fraction of sp³-hybridized carbons (Fsp3) is 0.240. The first-order valence-corrected chi connectivity index (χ1v) is 10.3. The van der Waals surface area contributed by atoms with Gasteiger partial charge in [0.25, 0.3) is 5.91 Å². The topological polar surface area (TPSA) is 69.6 Å². The van der Waals surface area contributed by atoms with Crippen molar-refractivity contribution in [3.05, 3.63) is 89.7 Å². The first-order chi connectivity index (χ1) is 14.9. The first kappa shape index (κ1) is 22.0. The maximum absolute atomic E-state index is 12.9. The van der Waals surface area contributed by atoms with Crippen molar-refractivity contribution >= 4 is 23.2 Å². The lowest BCUT2D eigenvalue weighted by Gasteiger charge is -2.15. The van der Waals surface area contributed by atoms with Gasteiger partial charge in [-0.3, -0.25) is 15.1 Å². The van der Waals surface area contributed by atoms with Crippen molar-refractivity contribution in [1.82, 2.24) is 10.3 Å². The van der Waals surface area contributed by atoms with Crippen LogP contribution in [0.2, 0.25) is 0 Å². The number of carbonyl (C=O) groups is 1. The summed E-state index contributed by atoms with van der Waals surface area (Å²) in [5, 5.41) is 6.16. The molecule has 3 aromatic rings. The average Bonchev–Trinajstić information content (AvgIpc) is 2.78. The van der Waals surface area contributed by atoms with Crippen molar-refractivity contribution < 1.29 is 4.79 Å². The van der Waals surface area contributed by atoms with Gasteiger partial charge in [0.2, 0.25) is 5.96 Å². The van der Waals surface area contributed by atoms with E-state index in [0.717, 1.165) is 16.9 Å². The molecular weight excluding hydrogens is 386 g/mol. The van der Waals surface area contributed by atoms with E-state index in [1.807, 2.05) is 61.5 Å². The van der Waals surface area contributed by atoms with E-state index in [9.17, 15) is 4.79 Å². The monoisotopic (exact) mass is 415 g/mol. The summed E-state index contributed by atoms with van der Waals surface area (Å²) in [7, 11) is 3.89. The Morgan fingerprint density at radius 1 is 1.06 bits per heavy atom. The second-order valence-corrected chi connectivity index (χ2v) is 7.83. The smallest absolute Gasteiger partial charge is 0.258 e. The molecular formula is C25H29N5O. The van der Waals surface area contributed by atoms with Gasteiger partial charge in [0, 0.05) is 43.4 Å². The number of aliphatic imine (C=N–C) groups is 1. The van der Waals surface area contributed by atoms with Crippen molar-refractivity contribution in [2.45, 2.75) is 26.3 Å². The summed E-state index contributed by atoms with van der Waals surface area (Å²) in [5.74, 6) is 0.623. The fourth-order valence-corrected chi connectivity index (χ4v) is 2.97. The van der Waals surface area contributed by atoms with Crippen LogP contribution in [0, 0.1) is 0 Å². The predicted molar refractivity (Wildman–Crippen MR) is 128 cm³/mol. The third-order valence-corrected chi connectivity index (χ3v) is 4.84. The summed E-state index contributed by atoms with van der Waals surface area (Å²) < 4.78 is 0. The number of hydrogen-bond acceptors (Lipinski definition) is 4. The van der Waals surface area contributed by atoms with Crippen molar-refractivity contribution in [2.24, 2.45) is 4.99 Å². The van der Waals surface area contributed by atoms with Crippen LogP contribution in [0.4, 0.5) is 11.4 Å². The van der Waals surface area contributed by atoms with Gasteiger partial charge >= 0.3 is 0 Å². The maximum atomic E-state index is 12.9. The first-order valence-electron chi connectivity index (χ1n) is 10.3. The normalized spacial score (nSPS) is 11.3. The van der Waals surface area contributed by atoms with Crippen LogP contribution in [0.15, 0.2) is 78.0 Å². The second kappa shape index (κ2) is 10.4. The molecule has 0 saturated carbocycles. The molecule has 0 bridgehead atoms. The number of amides is 1. The van der Waals surface area contributed by atoms with Crippen molar-refractivity contribution in [3.8, 4) is 0 Å². The van der Waals surface area contributed by atoms with E-state index in [-0.39, 0.29) is 5.91 Å². The summed E-state index contributed by atoms with van der Waals surface area (Å²) in [5.41, 5.74) is 4.59. The standard InChI is InChI=1S/C25H29N5O/c1-18(2)20-10-12-22(13-11-20)28-25(27-17-19-7-6-14-26-16-19)29-24(31)21-8-5-9-23(15-21)30(3)4/h5-16,18H,17H2,1-4H3,(H2,27,28,29,31). The number of benzene rings is 2. The number of aromatic nitrogens is 1. The number of carbonyl (C=O) groups excluding carboxylic acids is 1. The molecule has 3 rings (SSSR count). The summed E-state index contributed by atoms with van der Waals surface area (Å²) >= 11 is 0. The van der Waals surface area contributed by atoms with E-state index in [1.54, 1.807) is 18.5 Å². The number of nitrogens with zero attached hydrogens (tertiary/aromatic N) is 3. The zero-order valence-corrected chi connectivity index (χ0v) is 18.5. The highest BCUT2D eigenvalue weighted by molar-refractivity contribution is 6.10. The molecule has 0 aliphatic heterocycles. The molecule has 0 radical (unpaired) electrons. The summed E-state index contributed by atoms with van der Waals surface area (Å²) in [4.78, 5) is 23.6. The molecule has 6 nitrogen and oxygen atoms in total. The molecule has 2 N–H and O–H groups in total. The van der Waals surface area contributed by atoms with Crippen LogP contribution in [-0.2, 0) is 6.54 Å². The number of rotatable bonds is 6. The van der Waals surface area contributed by atoms with Gasteiger partial charge < -0.3 is 10.2 Å². The second-order valence-electron chi connectivity index (χ2n) is 7.83. The minimum absolute atomic E-state index is 0.222. The van der Waals surface area contributed by atoms with Gasteiger partial charge in [-0.25, -0.2) is 4.99 Å². The minimum atomic E-state index is -0.222. The molecule has 160 valence electrons. The quantitative estimate of drug-likeness (QED) is 0.453. The number of guanidine groups is 1. The van der Waals surface area contributed by atoms with Crippen LogP contribution in [0.3, 0.4) is 0 Å². The Bertz CT molecular complexity index is 1030. The molecule has 0 atom stereocenters. The molecule has 0 aliphatic carbocycles. The molecule has 0 spiro atoms. The van der Waals surface area contributed by atoms with Gasteiger partial charge in [0.15, 0.2) is 0 Å². The Balaban J connectivity index is 1.81. The van der Waals surface area contributed by atoms with Crippen LogP contribution in [0.5, 0.6) is 0 Å². The number of nitrogens with one attached hydrogen (secondary N) is 2. The van der Waals surface area contributed by atoms with E-state index in [2.05, 4.69) is 46.6 Å². The van der Waals surface area contributed by atoms with Gasteiger partial charge in [-0.2, -0.15) is 0 Å². The van der Waals surface area contributed by atoms with Gasteiger partial charge in [-0.05, 0) is 53.4 Å². The van der Waals surface area contributed by atoms with E-state index in [4.69, 9.17) is 0 Å². The van der Waals surface area contributed by atoms with Gasteiger partial charge in [0.05, 0.1) is 6.54 Å². The highest BCUT2D eigenvalue weighted by atomic mass is 16.1. The molecule has 6 heteroatoms. The van der Waals surface area contributed by atoms with Gasteiger partial charge in [-0.15, -0.1) is 0 Å². The molecule has 1 heterocycles. The van der Waals surface area contributed by atoms with E-state index in [1.165, 1.54) is 5.56 Å². The van der Waals surface area contributed by atoms with Crippen molar-refractivity contribution in [1.29, 1.82) is 0 Å². The Morgan fingerprint density at radius 2 is 1.84 bits per heavy atom. The van der Waals surface area contributed by atoms with Crippen molar-refractivity contribution in [2.75, 3.05) is 24.3 Å². The number of pyridine rings is 1. The van der Waals surface area contributed by atoms with E-state index < -0.39 is 0 Å². The number of hydrogen-bond donors (Lipinski definition) is 2. The SMILES string of the molecule is CC(C)c1ccc(NC(=NCc2cccnc2)NC(=O)c2cccc(N(C)C)c2)cc1. The van der Waals surface area contributed by atoms with E-state index >= 15 is 0 Å². The zero-order chi connectivity index (χ0) is 22.2. The predicted octanol–water partition coefficient (Wildman–Crippen LogP) is 4.67. The lowest BCUT2D eigenvalue weighted by atomic mass is 10.0. The highest BCUT2D eigenvalue weighted by Crippen LogP contribution is 2.17. The Morgan fingerprint density at radius 3 is 2.48 bits per heavy atom. The Labute approximate surface area is 184 Å². The molecule has 2 aromatic carbocycles. The summed E-state index contributed by atoms with van der Waals surface area (Å²) in [6.07, 6.45) is 3.49. The van der Waals surface area contributed by atoms with Crippen molar-refractivity contribution in [3.63, 3.8) is 0 Å². The lowest BCUT2D eigenvalue weighted by molar-refractivity contribution is 0.0977. The third kappa shape index (κ3) is 6.40. The van der Waals surface area contributed by atoms with Gasteiger partial charge in [-0.1, -0.05) is 38.1 Å². The summed E-state index contributed by atoms with van der Waals surface area (Å²) in [6, 6.07) is 19.4. The lowest BCUT2D eigenvalue weighted by Crippen LogP contribution is -2.36. The molecule has 0 aliphatic rings. The van der Waals surface area contributed by atoms with Crippen LogP contribution >= 0.6 is 0 Å². The molecule has 0 fully saturated rings. The summed E-state index contributed by atoms with van der Waals surface area (Å²) in [6.45, 7) is 4.72. The van der Waals surface area contributed by atoms with Crippen LogP contribution in [0.1, 0.15) is 41.3 Å². The molecule has 0 unspecified atom stereocenters. The molecule has 1 amide bonds. The van der Waals surface area contributed by atoms with Gasteiger partial charge in [0.1, 0.15) is 0 Å². The third-order valence-electron chi connectivity index (χ3n) is 4.84. The molecule has 1 aromatic heterocycles. The fourth-order valence-electron chi connectivity index (χ4n) is 2.97. The minimum Gasteiger partial charge on any atom is -0.378 e. The number of anilines is 2. The van der Waals surface area contributed by atoms with Crippen LogP contribution in [-0.4, -0.2) is 30.9 Å². The Kier molecular flexibility index (Phi) is 7.38. The largest absolute Gasteiger partial charge is 0.378 e. The van der Waals surface area contributed by atoms with Crippen LogP contribution in [0.25, 0.3) is 0 Å². The maximum Gasteiger partial charge on any atom is 0.258 e.